The molecule has 3 heteroatoms. The minimum Gasteiger partial charge on any atom is -0.308 e. The van der Waals surface area contributed by atoms with Gasteiger partial charge in [-0.2, -0.15) is 0 Å². The van der Waals surface area contributed by atoms with Crippen molar-refractivity contribution in [1.82, 2.24) is 10.3 Å². The Bertz CT molecular complexity index is 367. The van der Waals surface area contributed by atoms with Gasteiger partial charge < -0.3 is 5.32 Å². The van der Waals surface area contributed by atoms with Crippen LogP contribution >= 0.6 is 0 Å². The summed E-state index contributed by atoms with van der Waals surface area (Å²) >= 11 is 0. The smallest absolute Gasteiger partial charge is 0.141 e. The van der Waals surface area contributed by atoms with Crippen LogP contribution in [0, 0.1) is 11.2 Å². The van der Waals surface area contributed by atoms with Gasteiger partial charge in [-0.25, -0.2) is 4.39 Å². The molecular formula is C14H23FN2. The summed E-state index contributed by atoms with van der Waals surface area (Å²) in [5, 5.41) is 3.45. The summed E-state index contributed by atoms with van der Waals surface area (Å²) < 4.78 is 13.0. The number of hydrogen-bond acceptors (Lipinski definition) is 2. The number of halogens is 1. The summed E-state index contributed by atoms with van der Waals surface area (Å²) in [7, 11) is 0. The first-order valence-corrected chi connectivity index (χ1v) is 6.02. The Morgan fingerprint density at radius 1 is 1.18 bits per heavy atom. The van der Waals surface area contributed by atoms with E-state index in [-0.39, 0.29) is 16.8 Å². The van der Waals surface area contributed by atoms with Crippen molar-refractivity contribution in [3.8, 4) is 0 Å². The lowest BCUT2D eigenvalue weighted by molar-refractivity contribution is 0.240. The van der Waals surface area contributed by atoms with E-state index in [0.29, 0.717) is 6.54 Å². The fraction of sp³-hybridized carbons (Fsp3) is 0.643. The van der Waals surface area contributed by atoms with Crippen molar-refractivity contribution in [2.24, 2.45) is 5.41 Å². The lowest BCUT2D eigenvalue weighted by Gasteiger charge is -2.33. The van der Waals surface area contributed by atoms with Crippen molar-refractivity contribution in [3.05, 3.63) is 29.8 Å². The quantitative estimate of drug-likeness (QED) is 0.868. The first kappa shape index (κ1) is 14.1. The third-order valence-electron chi connectivity index (χ3n) is 2.50. The molecule has 0 aliphatic carbocycles. The normalized spacial score (nSPS) is 12.8. The first-order valence-electron chi connectivity index (χ1n) is 6.02. The summed E-state index contributed by atoms with van der Waals surface area (Å²) in [6.45, 7) is 11.7. The summed E-state index contributed by atoms with van der Waals surface area (Å²) in [5.41, 5.74) is 1.19. The number of nitrogens with one attached hydrogen (secondary N) is 1. The minimum atomic E-state index is -0.280. The van der Waals surface area contributed by atoms with Crippen LogP contribution in [0.5, 0.6) is 0 Å². The van der Waals surface area contributed by atoms with Crippen molar-refractivity contribution in [2.45, 2.75) is 53.1 Å². The van der Waals surface area contributed by atoms with E-state index < -0.39 is 0 Å². The van der Waals surface area contributed by atoms with E-state index in [1.54, 1.807) is 6.20 Å². The lowest BCUT2D eigenvalue weighted by Crippen LogP contribution is -2.41. The van der Waals surface area contributed by atoms with Crippen LogP contribution in [0.2, 0.25) is 0 Å². The summed E-state index contributed by atoms with van der Waals surface area (Å²) in [6, 6.07) is 1.52. The highest BCUT2D eigenvalue weighted by molar-refractivity contribution is 5.10. The average Bonchev–Trinajstić information content (AvgIpc) is 2.11. The van der Waals surface area contributed by atoms with Gasteiger partial charge in [0.25, 0.3) is 0 Å². The van der Waals surface area contributed by atoms with E-state index in [4.69, 9.17) is 0 Å². The largest absolute Gasteiger partial charge is 0.308 e. The third kappa shape index (κ3) is 5.78. The Morgan fingerprint density at radius 2 is 1.82 bits per heavy atom. The Kier molecular flexibility index (Phi) is 4.26. The Labute approximate surface area is 104 Å². The van der Waals surface area contributed by atoms with Gasteiger partial charge in [-0.3, -0.25) is 4.98 Å². The molecule has 0 amide bonds. The monoisotopic (exact) mass is 238 g/mol. The van der Waals surface area contributed by atoms with Crippen molar-refractivity contribution in [1.29, 1.82) is 0 Å². The van der Waals surface area contributed by atoms with E-state index in [1.165, 1.54) is 12.3 Å². The number of rotatable bonds is 4. The lowest BCUT2D eigenvalue weighted by atomic mass is 9.82. The van der Waals surface area contributed by atoms with E-state index in [9.17, 15) is 4.39 Å². The molecule has 0 unspecified atom stereocenters. The molecule has 0 aliphatic heterocycles. The van der Waals surface area contributed by atoms with Gasteiger partial charge in [0.2, 0.25) is 0 Å². The topological polar surface area (TPSA) is 24.9 Å². The molecule has 96 valence electrons. The molecule has 0 saturated heterocycles. The second-order valence-electron chi connectivity index (χ2n) is 6.49. The van der Waals surface area contributed by atoms with Gasteiger partial charge in [-0.15, -0.1) is 0 Å². The molecule has 0 atom stereocenters. The Morgan fingerprint density at radius 3 is 2.35 bits per heavy atom. The molecule has 1 heterocycles. The maximum absolute atomic E-state index is 13.0. The van der Waals surface area contributed by atoms with E-state index in [1.807, 2.05) is 0 Å². The van der Waals surface area contributed by atoms with Crippen molar-refractivity contribution < 1.29 is 4.39 Å². The number of pyridine rings is 1. The molecule has 0 radical (unpaired) electrons. The zero-order chi connectivity index (χ0) is 13.1. The van der Waals surface area contributed by atoms with Crippen LogP contribution in [0.4, 0.5) is 4.39 Å². The summed E-state index contributed by atoms with van der Waals surface area (Å²) in [5.74, 6) is -0.280. The Balaban J connectivity index is 2.55. The molecule has 0 bridgehead atoms. The van der Waals surface area contributed by atoms with Gasteiger partial charge in [0.15, 0.2) is 0 Å². The molecule has 0 aromatic carbocycles. The second kappa shape index (κ2) is 5.13. The molecule has 1 aromatic rings. The molecule has 1 aromatic heterocycles. The predicted molar refractivity (Wildman–Crippen MR) is 69.2 cm³/mol. The fourth-order valence-electron chi connectivity index (χ4n) is 2.28. The van der Waals surface area contributed by atoms with Crippen LogP contribution in [0.15, 0.2) is 18.5 Å². The SMILES string of the molecule is CC(C)(C)CC(C)(C)NCc1cncc(F)c1. The van der Waals surface area contributed by atoms with Crippen LogP contribution in [0.3, 0.4) is 0 Å². The van der Waals surface area contributed by atoms with Crippen LogP contribution < -0.4 is 5.32 Å². The van der Waals surface area contributed by atoms with Crippen LogP contribution in [0.25, 0.3) is 0 Å². The standard InChI is InChI=1S/C14H23FN2/c1-13(2,3)10-14(4,5)17-8-11-6-12(15)9-16-7-11/h6-7,9,17H,8,10H2,1-5H3. The van der Waals surface area contributed by atoms with Crippen molar-refractivity contribution in [2.75, 3.05) is 0 Å². The molecule has 17 heavy (non-hydrogen) atoms. The van der Waals surface area contributed by atoms with Gasteiger partial charge in [0, 0.05) is 18.3 Å². The van der Waals surface area contributed by atoms with E-state index in [0.717, 1.165) is 12.0 Å². The summed E-state index contributed by atoms with van der Waals surface area (Å²) in [4.78, 5) is 3.84. The molecule has 0 saturated carbocycles. The first-order chi connectivity index (χ1) is 7.68. The van der Waals surface area contributed by atoms with Crippen LogP contribution in [-0.4, -0.2) is 10.5 Å². The minimum absolute atomic E-state index is 0.0323. The van der Waals surface area contributed by atoms with Crippen LogP contribution in [-0.2, 0) is 6.54 Å². The van der Waals surface area contributed by atoms with Crippen LogP contribution in [0.1, 0.15) is 46.6 Å². The number of hydrogen-bond donors (Lipinski definition) is 1. The molecule has 0 aliphatic rings. The highest BCUT2D eigenvalue weighted by atomic mass is 19.1. The Hall–Kier alpha value is -0.960. The molecule has 1 rings (SSSR count). The fourth-order valence-corrected chi connectivity index (χ4v) is 2.28. The van der Waals surface area contributed by atoms with Crippen molar-refractivity contribution >= 4 is 0 Å². The zero-order valence-electron chi connectivity index (χ0n) is 11.5. The molecule has 1 N–H and O–H groups in total. The van der Waals surface area contributed by atoms with Gasteiger partial charge in [0.05, 0.1) is 6.20 Å². The van der Waals surface area contributed by atoms with Gasteiger partial charge >= 0.3 is 0 Å². The van der Waals surface area contributed by atoms with Gasteiger partial charge in [0.1, 0.15) is 5.82 Å². The molecule has 2 nitrogen and oxygen atoms in total. The molecule has 0 fully saturated rings. The number of nitrogens with zero attached hydrogens (tertiary/aromatic N) is 1. The van der Waals surface area contributed by atoms with Gasteiger partial charge in [-0.05, 0) is 37.3 Å². The van der Waals surface area contributed by atoms with E-state index in [2.05, 4.69) is 44.9 Å². The van der Waals surface area contributed by atoms with Gasteiger partial charge in [-0.1, -0.05) is 20.8 Å². The number of aromatic nitrogens is 1. The predicted octanol–water partition coefficient (Wildman–Crippen LogP) is 3.53. The highest BCUT2D eigenvalue weighted by Crippen LogP contribution is 2.26. The zero-order valence-corrected chi connectivity index (χ0v) is 11.5. The average molecular weight is 238 g/mol. The highest BCUT2D eigenvalue weighted by Gasteiger charge is 2.24. The summed E-state index contributed by atoms with van der Waals surface area (Å²) in [6.07, 6.45) is 3.98. The van der Waals surface area contributed by atoms with E-state index >= 15 is 0 Å². The molecular weight excluding hydrogens is 215 g/mol. The molecule has 0 spiro atoms. The maximum Gasteiger partial charge on any atom is 0.141 e. The third-order valence-corrected chi connectivity index (χ3v) is 2.50. The maximum atomic E-state index is 13.0. The van der Waals surface area contributed by atoms with Crippen molar-refractivity contribution in [3.63, 3.8) is 0 Å². The second-order valence-corrected chi connectivity index (χ2v) is 6.49.